The molecule has 1 atom stereocenters. The number of hydrogen-bond donors (Lipinski definition) is 2. The monoisotopic (exact) mass is 287 g/mol. The van der Waals surface area contributed by atoms with Crippen LogP contribution in [0, 0.1) is 6.92 Å². The minimum Gasteiger partial charge on any atom is -0.399 e. The number of nitrogens with two attached hydrogens (primary N) is 1. The van der Waals surface area contributed by atoms with Crippen LogP contribution in [0.25, 0.3) is 6.08 Å². The standard InChI is InChI=1S/C15H17N3OS/c1-10-9-20-15(17-10)11(2)18-14(19)7-6-12-4-3-5-13(16)8-12/h3-9,11H,16H2,1-2H3,(H,18,19)/b7-6+. The lowest BCUT2D eigenvalue weighted by Gasteiger charge is -2.08. The number of amides is 1. The highest BCUT2D eigenvalue weighted by atomic mass is 32.1. The lowest BCUT2D eigenvalue weighted by atomic mass is 10.2. The van der Waals surface area contributed by atoms with Crippen LogP contribution in [0.5, 0.6) is 0 Å². The molecule has 0 saturated heterocycles. The number of hydrogen-bond acceptors (Lipinski definition) is 4. The molecule has 1 amide bonds. The minimum absolute atomic E-state index is 0.0910. The first-order chi connectivity index (χ1) is 9.54. The molecular formula is C15H17N3OS. The Labute approximate surface area is 122 Å². The topological polar surface area (TPSA) is 68.0 Å². The molecule has 4 nitrogen and oxygen atoms in total. The number of anilines is 1. The van der Waals surface area contributed by atoms with E-state index in [9.17, 15) is 4.79 Å². The zero-order valence-electron chi connectivity index (χ0n) is 11.5. The van der Waals surface area contributed by atoms with Crippen LogP contribution in [0.15, 0.2) is 35.7 Å². The molecule has 0 spiro atoms. The molecule has 0 aliphatic heterocycles. The van der Waals surface area contributed by atoms with Crippen molar-refractivity contribution in [3.05, 3.63) is 52.0 Å². The fourth-order valence-corrected chi connectivity index (χ4v) is 2.53. The number of carbonyl (C=O) groups is 1. The first-order valence-electron chi connectivity index (χ1n) is 6.31. The number of benzene rings is 1. The van der Waals surface area contributed by atoms with Crippen LogP contribution in [0.3, 0.4) is 0 Å². The summed E-state index contributed by atoms with van der Waals surface area (Å²) < 4.78 is 0. The summed E-state index contributed by atoms with van der Waals surface area (Å²) in [6.45, 7) is 3.86. The molecule has 0 radical (unpaired) electrons. The van der Waals surface area contributed by atoms with Crippen LogP contribution in [-0.2, 0) is 4.79 Å². The van der Waals surface area contributed by atoms with E-state index in [1.54, 1.807) is 17.4 Å². The van der Waals surface area contributed by atoms with Gasteiger partial charge in [0.05, 0.1) is 6.04 Å². The van der Waals surface area contributed by atoms with Crippen LogP contribution in [0.4, 0.5) is 5.69 Å². The summed E-state index contributed by atoms with van der Waals surface area (Å²) in [5, 5.41) is 5.77. The lowest BCUT2D eigenvalue weighted by molar-refractivity contribution is -0.117. The van der Waals surface area contributed by atoms with Crippen molar-refractivity contribution in [2.75, 3.05) is 5.73 Å². The van der Waals surface area contributed by atoms with Gasteiger partial charge >= 0.3 is 0 Å². The van der Waals surface area contributed by atoms with Crippen LogP contribution in [0.2, 0.25) is 0 Å². The predicted octanol–water partition coefficient (Wildman–Crippen LogP) is 2.92. The normalized spacial score (nSPS) is 12.5. The van der Waals surface area contributed by atoms with Gasteiger partial charge in [-0.3, -0.25) is 4.79 Å². The Balaban J connectivity index is 1.95. The highest BCUT2D eigenvalue weighted by Crippen LogP contribution is 2.17. The highest BCUT2D eigenvalue weighted by molar-refractivity contribution is 7.09. The Kier molecular flexibility index (Phi) is 4.53. The van der Waals surface area contributed by atoms with E-state index in [1.807, 2.05) is 43.5 Å². The summed E-state index contributed by atoms with van der Waals surface area (Å²) in [4.78, 5) is 16.2. The van der Waals surface area contributed by atoms with Gasteiger partial charge in [0.25, 0.3) is 0 Å². The number of nitrogen functional groups attached to an aromatic ring is 1. The summed E-state index contributed by atoms with van der Waals surface area (Å²) in [5.41, 5.74) is 8.24. The van der Waals surface area contributed by atoms with Gasteiger partial charge in [0, 0.05) is 22.8 Å². The summed E-state index contributed by atoms with van der Waals surface area (Å²) in [7, 11) is 0. The highest BCUT2D eigenvalue weighted by Gasteiger charge is 2.10. The van der Waals surface area contributed by atoms with Gasteiger partial charge in [0.2, 0.25) is 5.91 Å². The fraction of sp³-hybridized carbons (Fsp3) is 0.200. The van der Waals surface area contributed by atoms with Crippen LogP contribution in [-0.4, -0.2) is 10.9 Å². The van der Waals surface area contributed by atoms with Gasteiger partial charge in [-0.2, -0.15) is 0 Å². The Morgan fingerprint density at radius 2 is 2.30 bits per heavy atom. The number of aromatic nitrogens is 1. The Bertz CT molecular complexity index is 634. The molecule has 0 bridgehead atoms. The van der Waals surface area contributed by atoms with Crippen LogP contribution >= 0.6 is 11.3 Å². The second-order valence-corrected chi connectivity index (χ2v) is 5.45. The van der Waals surface area contributed by atoms with Gasteiger partial charge in [-0.05, 0) is 37.6 Å². The first kappa shape index (κ1) is 14.3. The third-order valence-corrected chi connectivity index (χ3v) is 3.85. The number of aryl methyl sites for hydroxylation is 1. The number of rotatable bonds is 4. The van der Waals surface area contributed by atoms with E-state index in [-0.39, 0.29) is 11.9 Å². The van der Waals surface area contributed by atoms with Gasteiger partial charge in [0.1, 0.15) is 5.01 Å². The van der Waals surface area contributed by atoms with Crippen molar-refractivity contribution in [3.8, 4) is 0 Å². The number of nitrogens with one attached hydrogen (secondary N) is 1. The molecular weight excluding hydrogens is 270 g/mol. The Hall–Kier alpha value is -2.14. The number of nitrogens with zero attached hydrogens (tertiary/aromatic N) is 1. The van der Waals surface area contributed by atoms with E-state index in [1.165, 1.54) is 6.08 Å². The summed E-state index contributed by atoms with van der Waals surface area (Å²) in [6, 6.07) is 7.29. The smallest absolute Gasteiger partial charge is 0.244 e. The summed E-state index contributed by atoms with van der Waals surface area (Å²) >= 11 is 1.55. The van der Waals surface area contributed by atoms with Crippen LogP contribution in [0.1, 0.15) is 29.2 Å². The largest absolute Gasteiger partial charge is 0.399 e. The molecule has 104 valence electrons. The third-order valence-electron chi connectivity index (χ3n) is 2.70. The minimum atomic E-state index is -0.146. The molecule has 1 aromatic heterocycles. The van der Waals surface area contributed by atoms with Gasteiger partial charge in [0.15, 0.2) is 0 Å². The maximum absolute atomic E-state index is 11.8. The number of thiazole rings is 1. The molecule has 0 fully saturated rings. The molecule has 20 heavy (non-hydrogen) atoms. The van der Waals surface area contributed by atoms with Crippen molar-refractivity contribution in [1.29, 1.82) is 0 Å². The molecule has 3 N–H and O–H groups in total. The van der Waals surface area contributed by atoms with E-state index in [0.29, 0.717) is 5.69 Å². The van der Waals surface area contributed by atoms with Gasteiger partial charge in [-0.25, -0.2) is 4.98 Å². The van der Waals surface area contributed by atoms with E-state index in [4.69, 9.17) is 5.73 Å². The van der Waals surface area contributed by atoms with E-state index in [0.717, 1.165) is 16.3 Å². The van der Waals surface area contributed by atoms with E-state index >= 15 is 0 Å². The maximum Gasteiger partial charge on any atom is 0.244 e. The molecule has 1 unspecified atom stereocenters. The van der Waals surface area contributed by atoms with Gasteiger partial charge < -0.3 is 11.1 Å². The van der Waals surface area contributed by atoms with Gasteiger partial charge in [-0.1, -0.05) is 12.1 Å². The first-order valence-corrected chi connectivity index (χ1v) is 7.18. The second-order valence-electron chi connectivity index (χ2n) is 4.56. The molecule has 2 aromatic rings. The zero-order chi connectivity index (χ0) is 14.5. The van der Waals surface area contributed by atoms with Crippen molar-refractivity contribution in [1.82, 2.24) is 10.3 Å². The van der Waals surface area contributed by atoms with Crippen molar-refractivity contribution in [2.45, 2.75) is 19.9 Å². The van der Waals surface area contributed by atoms with E-state index < -0.39 is 0 Å². The Morgan fingerprint density at radius 3 is 2.95 bits per heavy atom. The van der Waals surface area contributed by atoms with Crippen molar-refractivity contribution < 1.29 is 4.79 Å². The lowest BCUT2D eigenvalue weighted by Crippen LogP contribution is -2.24. The average Bonchev–Trinajstić information content (AvgIpc) is 2.83. The molecule has 1 heterocycles. The summed E-state index contributed by atoms with van der Waals surface area (Å²) in [6.07, 6.45) is 3.25. The molecule has 0 saturated carbocycles. The molecule has 1 aromatic carbocycles. The van der Waals surface area contributed by atoms with Crippen molar-refractivity contribution in [2.24, 2.45) is 0 Å². The second kappa shape index (κ2) is 6.34. The molecule has 0 aliphatic carbocycles. The predicted molar refractivity (Wildman–Crippen MR) is 83.3 cm³/mol. The molecule has 0 aliphatic rings. The van der Waals surface area contributed by atoms with Crippen molar-refractivity contribution >= 4 is 29.0 Å². The molecule has 5 heteroatoms. The van der Waals surface area contributed by atoms with E-state index in [2.05, 4.69) is 10.3 Å². The average molecular weight is 287 g/mol. The maximum atomic E-state index is 11.8. The number of carbonyl (C=O) groups excluding carboxylic acids is 1. The van der Waals surface area contributed by atoms with Gasteiger partial charge in [-0.15, -0.1) is 11.3 Å². The SMILES string of the molecule is Cc1csc(C(C)NC(=O)/C=C/c2cccc(N)c2)n1. The zero-order valence-corrected chi connectivity index (χ0v) is 12.3. The third kappa shape index (κ3) is 3.93. The van der Waals surface area contributed by atoms with Crippen molar-refractivity contribution in [3.63, 3.8) is 0 Å². The van der Waals surface area contributed by atoms with Crippen LogP contribution < -0.4 is 11.1 Å². The Morgan fingerprint density at radius 1 is 1.50 bits per heavy atom. The summed E-state index contributed by atoms with van der Waals surface area (Å²) in [5.74, 6) is -0.146. The fourth-order valence-electron chi connectivity index (χ4n) is 1.73. The quantitative estimate of drug-likeness (QED) is 0.671. The molecule has 2 rings (SSSR count).